The van der Waals surface area contributed by atoms with Crippen LogP contribution in [0, 0.1) is 11.6 Å². The molecule has 1 aromatic rings. The van der Waals surface area contributed by atoms with Crippen LogP contribution in [0.25, 0.3) is 0 Å². The van der Waals surface area contributed by atoms with Crippen molar-refractivity contribution in [3.05, 3.63) is 35.4 Å². The Morgan fingerprint density at radius 2 is 2.17 bits per heavy atom. The molecule has 2 saturated heterocycles. The van der Waals surface area contributed by atoms with E-state index in [-0.39, 0.29) is 30.1 Å². The molecule has 2 bridgehead atoms. The van der Waals surface area contributed by atoms with Crippen LogP contribution in [0.15, 0.2) is 23.2 Å². The van der Waals surface area contributed by atoms with Crippen LogP contribution in [0.1, 0.15) is 31.7 Å². The van der Waals surface area contributed by atoms with E-state index < -0.39 is 11.6 Å². The number of ether oxygens (including phenoxy) is 1. The minimum absolute atomic E-state index is 0. The van der Waals surface area contributed by atoms with E-state index in [2.05, 4.69) is 15.6 Å². The fourth-order valence-corrected chi connectivity index (χ4v) is 3.30. The van der Waals surface area contributed by atoms with E-state index in [1.165, 1.54) is 12.1 Å². The second-order valence-corrected chi connectivity index (χ2v) is 6.11. The molecule has 0 amide bonds. The van der Waals surface area contributed by atoms with Gasteiger partial charge in [-0.05, 0) is 44.2 Å². The lowest BCUT2D eigenvalue weighted by Gasteiger charge is -2.22. The van der Waals surface area contributed by atoms with Gasteiger partial charge in [0.15, 0.2) is 5.96 Å². The quantitative estimate of drug-likeness (QED) is 0.411. The van der Waals surface area contributed by atoms with Crippen LogP contribution < -0.4 is 10.6 Å². The molecule has 4 nitrogen and oxygen atoms in total. The summed E-state index contributed by atoms with van der Waals surface area (Å²) in [4.78, 5) is 4.50. The summed E-state index contributed by atoms with van der Waals surface area (Å²) in [6.45, 7) is 3.21. The highest BCUT2D eigenvalue weighted by Gasteiger charge is 2.41. The van der Waals surface area contributed by atoms with Crippen LogP contribution in [-0.4, -0.2) is 37.3 Å². The standard InChI is InChI=1S/C17H23F2N3O.HI/c1-2-20-17(22-15-10-13-5-6-16(15)23-13)21-8-7-11-3-4-12(18)9-14(11)19;/h3-4,9,13,15-16H,2,5-8,10H2,1H3,(H2,20,21,22);1H. The molecule has 0 spiro atoms. The Balaban J connectivity index is 0.00000208. The van der Waals surface area contributed by atoms with Gasteiger partial charge in [0.1, 0.15) is 11.6 Å². The van der Waals surface area contributed by atoms with Gasteiger partial charge in [0.25, 0.3) is 0 Å². The summed E-state index contributed by atoms with van der Waals surface area (Å²) in [6, 6.07) is 3.96. The SMILES string of the molecule is CCNC(=NCCc1ccc(F)cc1F)NC1CC2CCC1O2.I. The summed E-state index contributed by atoms with van der Waals surface area (Å²) < 4.78 is 32.4. The third-order valence-electron chi connectivity index (χ3n) is 4.44. The van der Waals surface area contributed by atoms with E-state index in [0.717, 1.165) is 37.8 Å². The van der Waals surface area contributed by atoms with Crippen molar-refractivity contribution in [3.8, 4) is 0 Å². The fraction of sp³-hybridized carbons (Fsp3) is 0.588. The maximum absolute atomic E-state index is 13.6. The molecular formula is C17H24F2IN3O. The number of hydrogen-bond donors (Lipinski definition) is 2. The fourth-order valence-electron chi connectivity index (χ4n) is 3.30. The molecule has 2 heterocycles. The van der Waals surface area contributed by atoms with Crippen molar-refractivity contribution in [2.24, 2.45) is 4.99 Å². The molecule has 7 heteroatoms. The zero-order valence-corrected chi connectivity index (χ0v) is 16.1. The number of hydrogen-bond acceptors (Lipinski definition) is 2. The molecule has 3 unspecified atom stereocenters. The predicted molar refractivity (Wildman–Crippen MR) is 101 cm³/mol. The molecular weight excluding hydrogens is 427 g/mol. The van der Waals surface area contributed by atoms with Gasteiger partial charge in [-0.1, -0.05) is 6.07 Å². The summed E-state index contributed by atoms with van der Waals surface area (Å²) in [5.41, 5.74) is 0.481. The molecule has 2 fully saturated rings. The molecule has 2 aliphatic heterocycles. The van der Waals surface area contributed by atoms with Crippen molar-refractivity contribution < 1.29 is 13.5 Å². The largest absolute Gasteiger partial charge is 0.373 e. The van der Waals surface area contributed by atoms with E-state index in [1.807, 2.05) is 6.92 Å². The Morgan fingerprint density at radius 3 is 2.79 bits per heavy atom. The summed E-state index contributed by atoms with van der Waals surface area (Å²) in [5.74, 6) is -0.336. The van der Waals surface area contributed by atoms with Crippen molar-refractivity contribution in [1.29, 1.82) is 0 Å². The first kappa shape index (κ1) is 19.4. The third-order valence-corrected chi connectivity index (χ3v) is 4.44. The molecule has 1 aromatic carbocycles. The van der Waals surface area contributed by atoms with Crippen molar-refractivity contribution in [2.45, 2.75) is 50.9 Å². The van der Waals surface area contributed by atoms with Crippen molar-refractivity contribution in [2.75, 3.05) is 13.1 Å². The summed E-state index contributed by atoms with van der Waals surface area (Å²) in [5, 5.41) is 6.63. The normalized spacial score (nSPS) is 25.5. The van der Waals surface area contributed by atoms with Gasteiger partial charge in [0.2, 0.25) is 0 Å². The highest BCUT2D eigenvalue weighted by molar-refractivity contribution is 14.0. The Morgan fingerprint density at radius 1 is 1.33 bits per heavy atom. The maximum atomic E-state index is 13.6. The van der Waals surface area contributed by atoms with E-state index >= 15 is 0 Å². The molecule has 0 aromatic heterocycles. The van der Waals surface area contributed by atoms with Crippen LogP contribution in [-0.2, 0) is 11.2 Å². The minimum Gasteiger partial charge on any atom is -0.373 e. The molecule has 2 aliphatic rings. The number of fused-ring (bicyclic) bond motifs is 2. The second kappa shape index (κ2) is 8.94. The van der Waals surface area contributed by atoms with Gasteiger partial charge in [-0.25, -0.2) is 8.78 Å². The number of halogens is 3. The Labute approximate surface area is 158 Å². The Kier molecular flexibility index (Phi) is 7.21. The summed E-state index contributed by atoms with van der Waals surface area (Å²) >= 11 is 0. The number of aliphatic imine (C=N–C) groups is 1. The van der Waals surface area contributed by atoms with Crippen LogP contribution in [0.5, 0.6) is 0 Å². The molecule has 0 saturated carbocycles. The molecule has 134 valence electrons. The van der Waals surface area contributed by atoms with Gasteiger partial charge < -0.3 is 15.4 Å². The molecule has 0 radical (unpaired) electrons. The summed E-state index contributed by atoms with van der Waals surface area (Å²) in [7, 11) is 0. The summed E-state index contributed by atoms with van der Waals surface area (Å²) in [6.07, 6.45) is 4.37. The molecule has 24 heavy (non-hydrogen) atoms. The molecule has 0 aliphatic carbocycles. The maximum Gasteiger partial charge on any atom is 0.191 e. The minimum atomic E-state index is -0.555. The average molecular weight is 451 g/mol. The van der Waals surface area contributed by atoms with Crippen molar-refractivity contribution in [3.63, 3.8) is 0 Å². The Bertz CT molecular complexity index is 585. The zero-order chi connectivity index (χ0) is 16.2. The highest BCUT2D eigenvalue weighted by Crippen LogP contribution is 2.34. The van der Waals surface area contributed by atoms with Crippen molar-refractivity contribution in [1.82, 2.24) is 10.6 Å². The Hall–Kier alpha value is -0.960. The van der Waals surface area contributed by atoms with Crippen LogP contribution in [0.4, 0.5) is 8.78 Å². The van der Waals surface area contributed by atoms with Crippen LogP contribution in [0.3, 0.4) is 0 Å². The first-order valence-corrected chi connectivity index (χ1v) is 8.30. The first-order valence-electron chi connectivity index (χ1n) is 8.30. The number of benzene rings is 1. The van der Waals surface area contributed by atoms with E-state index in [1.54, 1.807) is 0 Å². The number of rotatable bonds is 5. The third kappa shape index (κ3) is 4.78. The van der Waals surface area contributed by atoms with Crippen LogP contribution in [0.2, 0.25) is 0 Å². The molecule has 3 atom stereocenters. The van der Waals surface area contributed by atoms with Gasteiger partial charge >= 0.3 is 0 Å². The van der Waals surface area contributed by atoms with Crippen molar-refractivity contribution >= 4 is 29.9 Å². The topological polar surface area (TPSA) is 45.7 Å². The van der Waals surface area contributed by atoms with Gasteiger partial charge in [-0.3, -0.25) is 4.99 Å². The molecule has 3 rings (SSSR count). The number of nitrogens with one attached hydrogen (secondary N) is 2. The predicted octanol–water partition coefficient (Wildman–Crippen LogP) is 3.00. The second-order valence-electron chi connectivity index (χ2n) is 6.11. The average Bonchev–Trinajstić information content (AvgIpc) is 3.12. The van der Waals surface area contributed by atoms with Gasteiger partial charge in [-0.15, -0.1) is 24.0 Å². The van der Waals surface area contributed by atoms with Crippen LogP contribution >= 0.6 is 24.0 Å². The van der Waals surface area contributed by atoms with Gasteiger partial charge in [-0.2, -0.15) is 0 Å². The van der Waals surface area contributed by atoms with E-state index in [4.69, 9.17) is 4.74 Å². The van der Waals surface area contributed by atoms with Gasteiger partial charge in [0.05, 0.1) is 18.2 Å². The lowest BCUT2D eigenvalue weighted by atomic mass is 9.96. The lowest BCUT2D eigenvalue weighted by molar-refractivity contribution is 0.0992. The highest BCUT2D eigenvalue weighted by atomic mass is 127. The lowest BCUT2D eigenvalue weighted by Crippen LogP contribution is -2.47. The smallest absolute Gasteiger partial charge is 0.191 e. The van der Waals surface area contributed by atoms with Gasteiger partial charge in [0, 0.05) is 19.2 Å². The number of guanidine groups is 1. The first-order chi connectivity index (χ1) is 11.2. The monoisotopic (exact) mass is 451 g/mol. The molecule has 2 N–H and O–H groups in total. The zero-order valence-electron chi connectivity index (χ0n) is 13.7. The number of nitrogens with zero attached hydrogens (tertiary/aromatic N) is 1. The van der Waals surface area contributed by atoms with E-state index in [0.29, 0.717) is 30.7 Å². The van der Waals surface area contributed by atoms with E-state index in [9.17, 15) is 8.78 Å².